The number of aliphatic hydroxyl groups is 2. The Morgan fingerprint density at radius 3 is 2.91 bits per heavy atom. The Morgan fingerprint density at radius 2 is 2.17 bits per heavy atom. The highest BCUT2D eigenvalue weighted by Gasteiger charge is 2.48. The van der Waals surface area contributed by atoms with Crippen LogP contribution in [0.25, 0.3) is 11.2 Å². The molecule has 3 rings (SSSR count). The van der Waals surface area contributed by atoms with E-state index in [1.54, 1.807) is 0 Å². The summed E-state index contributed by atoms with van der Waals surface area (Å²) >= 11 is 5.44. The summed E-state index contributed by atoms with van der Waals surface area (Å²) in [4.78, 5) is 23.7. The van der Waals surface area contributed by atoms with Crippen LogP contribution in [-0.2, 0) is 14.3 Å². The Morgan fingerprint density at radius 1 is 1.39 bits per heavy atom. The van der Waals surface area contributed by atoms with Gasteiger partial charge >= 0.3 is 5.97 Å². The molecule has 23 heavy (non-hydrogen) atoms. The van der Waals surface area contributed by atoms with Gasteiger partial charge in [-0.1, -0.05) is 0 Å². The van der Waals surface area contributed by atoms with E-state index in [2.05, 4.69) is 15.0 Å². The fraction of sp³-hybridized carbons (Fsp3) is 0.500. The van der Waals surface area contributed by atoms with Gasteiger partial charge in [-0.05, 0) is 0 Å². The second-order valence-corrected chi connectivity index (χ2v) is 5.25. The topological polar surface area (TPSA) is 146 Å². The highest BCUT2D eigenvalue weighted by Crippen LogP contribution is 2.32. The van der Waals surface area contributed by atoms with E-state index in [0.29, 0.717) is 11.2 Å². The van der Waals surface area contributed by atoms with Crippen molar-refractivity contribution in [3.8, 4) is 0 Å². The summed E-state index contributed by atoms with van der Waals surface area (Å²) in [5.74, 6) is -0.527. The molecule has 0 bridgehead atoms. The van der Waals surface area contributed by atoms with Gasteiger partial charge in [0.05, 0.1) is 12.2 Å². The Kier molecular flexibility index (Phi) is 4.31. The minimum Gasteiger partial charge on any atom is -0.462 e. The van der Waals surface area contributed by atoms with Gasteiger partial charge in [-0.3, -0.25) is 4.57 Å². The predicted octanol–water partition coefficient (Wildman–Crippen LogP) is -1.19. The smallest absolute Gasteiger partial charge is 0.338 e. The molecule has 11 heteroatoms. The number of carbonyl (C=O) groups excluding carboxylic acids is 1. The lowest BCUT2D eigenvalue weighted by molar-refractivity contribution is -0.161. The molecule has 2 aromatic rings. The number of carbonyl (C=O) groups is 1. The van der Waals surface area contributed by atoms with Crippen LogP contribution >= 0.6 is 11.6 Å². The van der Waals surface area contributed by atoms with Crippen LogP contribution < -0.4 is 5.73 Å². The van der Waals surface area contributed by atoms with Crippen LogP contribution in [0.1, 0.15) is 6.23 Å². The number of nitrogen functional groups attached to an aromatic ring is 1. The van der Waals surface area contributed by atoms with Crippen molar-refractivity contribution in [1.29, 1.82) is 0 Å². The molecule has 2 aromatic heterocycles. The number of alkyl halides is 1. The van der Waals surface area contributed by atoms with Crippen LogP contribution in [-0.4, -0.2) is 66.5 Å². The lowest BCUT2D eigenvalue weighted by atomic mass is 10.1. The maximum absolute atomic E-state index is 11.8. The number of nitrogens with zero attached hydrogens (tertiary/aromatic N) is 4. The first-order chi connectivity index (χ1) is 11.0. The molecule has 1 aliphatic heterocycles. The van der Waals surface area contributed by atoms with Gasteiger partial charge in [0.25, 0.3) is 0 Å². The molecular weight excluding hydrogens is 330 g/mol. The molecule has 1 fully saturated rings. The number of hydrogen-bond donors (Lipinski definition) is 3. The van der Waals surface area contributed by atoms with Gasteiger partial charge in [-0.15, -0.1) is 11.6 Å². The summed E-state index contributed by atoms with van der Waals surface area (Å²) in [5.41, 5.74) is 6.33. The van der Waals surface area contributed by atoms with Crippen molar-refractivity contribution in [2.24, 2.45) is 0 Å². The number of rotatable bonds is 4. The van der Waals surface area contributed by atoms with Crippen LogP contribution in [0.4, 0.5) is 5.82 Å². The zero-order valence-electron chi connectivity index (χ0n) is 11.7. The average molecular weight is 344 g/mol. The highest BCUT2D eigenvalue weighted by molar-refractivity contribution is 6.18. The number of imidazole rings is 1. The first-order valence-corrected chi connectivity index (χ1v) is 7.25. The fourth-order valence-corrected chi connectivity index (χ4v) is 2.44. The molecule has 1 saturated heterocycles. The third-order valence-corrected chi connectivity index (χ3v) is 3.61. The number of anilines is 1. The van der Waals surface area contributed by atoms with Crippen molar-refractivity contribution in [2.45, 2.75) is 24.5 Å². The highest BCUT2D eigenvalue weighted by atomic mass is 35.5. The van der Waals surface area contributed by atoms with Crippen molar-refractivity contribution < 1.29 is 24.5 Å². The molecule has 4 atom stereocenters. The van der Waals surface area contributed by atoms with Crippen LogP contribution in [0, 0.1) is 0 Å². The van der Waals surface area contributed by atoms with E-state index >= 15 is 0 Å². The van der Waals surface area contributed by atoms with E-state index in [1.807, 2.05) is 0 Å². The largest absolute Gasteiger partial charge is 0.462 e. The molecule has 4 N–H and O–H groups in total. The molecule has 0 aromatic carbocycles. The Balaban J connectivity index is 1.88. The summed E-state index contributed by atoms with van der Waals surface area (Å²) in [6.45, 7) is -0.0223. The van der Waals surface area contributed by atoms with E-state index in [-0.39, 0.29) is 18.3 Å². The molecule has 0 aliphatic carbocycles. The Labute approximate surface area is 134 Å². The molecule has 3 heterocycles. The number of nitrogens with two attached hydrogens (primary N) is 1. The molecule has 4 unspecified atom stereocenters. The van der Waals surface area contributed by atoms with E-state index in [1.165, 1.54) is 17.2 Å². The van der Waals surface area contributed by atoms with Crippen molar-refractivity contribution in [1.82, 2.24) is 19.5 Å². The summed E-state index contributed by atoms with van der Waals surface area (Å²) in [7, 11) is 0. The van der Waals surface area contributed by atoms with Crippen molar-refractivity contribution in [2.75, 3.05) is 18.2 Å². The average Bonchev–Trinajstić information content (AvgIpc) is 3.09. The van der Waals surface area contributed by atoms with Gasteiger partial charge in [0, 0.05) is 0 Å². The molecule has 0 amide bonds. The molecule has 124 valence electrons. The normalized spacial score (nSPS) is 27.4. The van der Waals surface area contributed by atoms with Crippen molar-refractivity contribution >= 4 is 34.6 Å². The molecule has 10 nitrogen and oxygen atoms in total. The van der Waals surface area contributed by atoms with Crippen molar-refractivity contribution in [3.63, 3.8) is 0 Å². The van der Waals surface area contributed by atoms with Crippen LogP contribution in [0.5, 0.6) is 0 Å². The quantitative estimate of drug-likeness (QED) is 0.460. The fourth-order valence-electron chi connectivity index (χ4n) is 2.36. The number of fused-ring (bicyclic) bond motifs is 1. The van der Waals surface area contributed by atoms with E-state index in [4.69, 9.17) is 26.8 Å². The SMILES string of the molecule is Nc1ncnc2c1ncn2C1OC(C(=O)OCCCl)C(O)C1O. The van der Waals surface area contributed by atoms with Crippen LogP contribution in [0.3, 0.4) is 0 Å². The molecule has 0 spiro atoms. The summed E-state index contributed by atoms with van der Waals surface area (Å²) < 4.78 is 11.6. The third kappa shape index (κ3) is 2.70. The summed E-state index contributed by atoms with van der Waals surface area (Å²) in [6, 6.07) is 0. The third-order valence-electron chi connectivity index (χ3n) is 3.45. The predicted molar refractivity (Wildman–Crippen MR) is 77.3 cm³/mol. The minimum absolute atomic E-state index is 0.0223. The first-order valence-electron chi connectivity index (χ1n) is 6.71. The number of aromatic nitrogens is 4. The maximum Gasteiger partial charge on any atom is 0.338 e. The molecular formula is C12H14ClN5O5. The summed E-state index contributed by atoms with van der Waals surface area (Å²) in [5, 5.41) is 20.2. The standard InChI is InChI=1S/C12H14ClN5O5/c13-1-2-22-12(21)8-6(19)7(20)11(23-8)18-4-17-5-9(14)15-3-16-10(5)18/h3-4,6-8,11,19-20H,1-2H2,(H2,14,15,16). The number of ether oxygens (including phenoxy) is 2. The lowest BCUT2D eigenvalue weighted by Gasteiger charge is -2.16. The van der Waals surface area contributed by atoms with E-state index < -0.39 is 30.5 Å². The lowest BCUT2D eigenvalue weighted by Crippen LogP contribution is -2.37. The van der Waals surface area contributed by atoms with Gasteiger partial charge in [-0.2, -0.15) is 0 Å². The maximum atomic E-state index is 11.8. The molecule has 0 radical (unpaired) electrons. The van der Waals surface area contributed by atoms with Crippen molar-refractivity contribution in [3.05, 3.63) is 12.7 Å². The Bertz CT molecular complexity index is 725. The minimum atomic E-state index is -1.46. The number of hydrogen-bond acceptors (Lipinski definition) is 9. The van der Waals surface area contributed by atoms with E-state index in [9.17, 15) is 15.0 Å². The Hall–Kier alpha value is -2.01. The zero-order chi connectivity index (χ0) is 16.6. The van der Waals surface area contributed by atoms with Gasteiger partial charge in [0.2, 0.25) is 0 Å². The zero-order valence-corrected chi connectivity index (χ0v) is 12.5. The molecule has 1 aliphatic rings. The number of halogens is 1. The number of esters is 1. The van der Waals surface area contributed by atoms with Gasteiger partial charge < -0.3 is 25.4 Å². The van der Waals surface area contributed by atoms with Crippen LogP contribution in [0.15, 0.2) is 12.7 Å². The van der Waals surface area contributed by atoms with Gasteiger partial charge in [0.1, 0.15) is 30.7 Å². The van der Waals surface area contributed by atoms with E-state index in [0.717, 1.165) is 0 Å². The first kappa shape index (κ1) is 15.9. The summed E-state index contributed by atoms with van der Waals surface area (Å²) in [6.07, 6.45) is -2.67. The monoisotopic (exact) mass is 343 g/mol. The van der Waals surface area contributed by atoms with Gasteiger partial charge in [-0.25, -0.2) is 19.7 Å². The second kappa shape index (κ2) is 6.24. The number of aliphatic hydroxyl groups excluding tert-OH is 2. The molecule has 0 saturated carbocycles. The van der Waals surface area contributed by atoms with Crippen LogP contribution in [0.2, 0.25) is 0 Å². The van der Waals surface area contributed by atoms with Gasteiger partial charge in [0.15, 0.2) is 23.8 Å². The second-order valence-electron chi connectivity index (χ2n) is 4.87.